The van der Waals surface area contributed by atoms with Crippen molar-refractivity contribution in [3.8, 4) is 11.1 Å². The van der Waals surface area contributed by atoms with Crippen LogP contribution in [0.4, 0.5) is 25.7 Å². The van der Waals surface area contributed by atoms with E-state index in [1.807, 2.05) is 14.1 Å². The second-order valence-corrected chi connectivity index (χ2v) is 10.8. The monoisotopic (exact) mass is 530 g/mol. The number of likely N-dealkylation sites (N-methyl/N-ethyl adjacent to an activating group) is 1. The molecule has 0 radical (unpaired) electrons. The highest BCUT2D eigenvalue weighted by Gasteiger charge is 2.32. The van der Waals surface area contributed by atoms with Gasteiger partial charge in [0.25, 0.3) is 0 Å². The molecule has 2 aliphatic heterocycles. The maximum atomic E-state index is 16.4. The van der Waals surface area contributed by atoms with E-state index in [-0.39, 0.29) is 31.5 Å². The molecule has 0 bridgehead atoms. The lowest BCUT2D eigenvalue weighted by Gasteiger charge is -2.43. The summed E-state index contributed by atoms with van der Waals surface area (Å²) in [5, 5.41) is 4.27. The average Bonchev–Trinajstić information content (AvgIpc) is 3.22. The van der Waals surface area contributed by atoms with E-state index in [2.05, 4.69) is 30.0 Å². The minimum Gasteiger partial charge on any atom is -0.375 e. The fourth-order valence-corrected chi connectivity index (χ4v) is 5.87. The van der Waals surface area contributed by atoms with Crippen molar-refractivity contribution in [3.05, 3.63) is 34.9 Å². The molecular formula is C24H25ClF2N8S. The fraction of sp³-hybridized carbons (Fsp3) is 0.375. The number of anilines is 3. The summed E-state index contributed by atoms with van der Waals surface area (Å²) in [4.78, 5) is 20.2. The number of rotatable bonds is 4. The Hall–Kier alpha value is -2.86. The van der Waals surface area contributed by atoms with E-state index in [0.717, 1.165) is 50.6 Å². The van der Waals surface area contributed by atoms with Crippen molar-refractivity contribution >= 4 is 61.0 Å². The molecule has 0 amide bonds. The van der Waals surface area contributed by atoms with E-state index in [0.29, 0.717) is 28.8 Å². The van der Waals surface area contributed by atoms with Crippen LogP contribution >= 0.6 is 22.9 Å². The quantitative estimate of drug-likeness (QED) is 0.414. The normalized spacial score (nSPS) is 16.9. The molecule has 6 rings (SSSR count). The Morgan fingerprint density at radius 1 is 1.08 bits per heavy atom. The summed E-state index contributed by atoms with van der Waals surface area (Å²) < 4.78 is 31.1. The van der Waals surface area contributed by atoms with Crippen LogP contribution in [0.2, 0.25) is 5.02 Å². The second kappa shape index (κ2) is 8.91. The predicted octanol–water partition coefficient (Wildman–Crippen LogP) is 3.58. The van der Waals surface area contributed by atoms with Crippen molar-refractivity contribution in [1.29, 1.82) is 0 Å². The number of hydrogen-bond donors (Lipinski definition) is 2. The van der Waals surface area contributed by atoms with Gasteiger partial charge in [-0.15, -0.1) is 0 Å². The third-order valence-electron chi connectivity index (χ3n) is 6.92. The number of thiazole rings is 1. The molecule has 3 N–H and O–H groups in total. The van der Waals surface area contributed by atoms with E-state index in [1.165, 1.54) is 12.1 Å². The summed E-state index contributed by atoms with van der Waals surface area (Å²) >= 11 is 7.72. The first-order valence-electron chi connectivity index (χ1n) is 11.7. The molecule has 188 valence electrons. The molecule has 4 heterocycles. The molecule has 12 heteroatoms. The molecule has 0 unspecified atom stereocenters. The first-order valence-corrected chi connectivity index (χ1v) is 12.9. The standard InChI is InChI=1S/C24H25ClF2N8S/c1-33(2)12-10-35(11-12)24-31-19-14(22(32-24)34-7-5-29-6-8-34)9-15(25)17(18(19)27)13-3-4-16(26)21-20(13)30-23(28)36-21/h3-4,9,12,29H,5-8,10-11H2,1-2H3,(H2,28,30). The van der Waals surface area contributed by atoms with Gasteiger partial charge in [-0.3, -0.25) is 0 Å². The Bertz CT molecular complexity index is 1480. The van der Waals surface area contributed by atoms with Crippen molar-refractivity contribution in [1.82, 2.24) is 25.2 Å². The van der Waals surface area contributed by atoms with Gasteiger partial charge in [-0.1, -0.05) is 22.9 Å². The molecule has 0 spiro atoms. The van der Waals surface area contributed by atoms with Crippen molar-refractivity contribution in [2.45, 2.75) is 6.04 Å². The zero-order valence-corrected chi connectivity index (χ0v) is 21.4. The van der Waals surface area contributed by atoms with Crippen molar-refractivity contribution in [2.75, 3.05) is 68.9 Å². The van der Waals surface area contributed by atoms with Gasteiger partial charge in [0.05, 0.1) is 15.2 Å². The van der Waals surface area contributed by atoms with E-state index in [1.54, 1.807) is 6.07 Å². The Balaban J connectivity index is 1.56. The molecule has 8 nitrogen and oxygen atoms in total. The van der Waals surface area contributed by atoms with Crippen molar-refractivity contribution < 1.29 is 8.78 Å². The van der Waals surface area contributed by atoms with Crippen LogP contribution < -0.4 is 20.9 Å². The number of hydrogen-bond acceptors (Lipinski definition) is 9. The van der Waals surface area contributed by atoms with Gasteiger partial charge in [0, 0.05) is 61.8 Å². The fourth-order valence-electron chi connectivity index (χ4n) is 4.81. The van der Waals surface area contributed by atoms with Gasteiger partial charge in [-0.2, -0.15) is 4.98 Å². The number of fused-ring (bicyclic) bond motifs is 2. The first-order chi connectivity index (χ1) is 17.3. The van der Waals surface area contributed by atoms with Gasteiger partial charge in [-0.25, -0.2) is 18.7 Å². The van der Waals surface area contributed by atoms with E-state index < -0.39 is 11.6 Å². The molecule has 2 aromatic heterocycles. The summed E-state index contributed by atoms with van der Waals surface area (Å²) in [5.41, 5.74) is 6.83. The molecule has 4 aromatic rings. The maximum absolute atomic E-state index is 16.4. The lowest BCUT2D eigenvalue weighted by molar-refractivity contribution is 0.245. The summed E-state index contributed by atoms with van der Waals surface area (Å²) in [6.07, 6.45) is 0. The summed E-state index contributed by atoms with van der Waals surface area (Å²) in [6.45, 7) is 4.62. The van der Waals surface area contributed by atoms with Crippen LogP contribution in [0.3, 0.4) is 0 Å². The average molecular weight is 531 g/mol. The summed E-state index contributed by atoms with van der Waals surface area (Å²) in [6, 6.07) is 4.87. The molecule has 2 saturated heterocycles. The van der Waals surface area contributed by atoms with E-state index >= 15 is 4.39 Å². The van der Waals surface area contributed by atoms with Gasteiger partial charge >= 0.3 is 0 Å². The minimum atomic E-state index is -0.582. The number of aromatic nitrogens is 3. The van der Waals surface area contributed by atoms with Gasteiger partial charge in [-0.05, 0) is 32.3 Å². The minimum absolute atomic E-state index is 0.130. The van der Waals surface area contributed by atoms with Crippen LogP contribution in [0, 0.1) is 11.6 Å². The molecular weight excluding hydrogens is 506 g/mol. The number of benzene rings is 2. The van der Waals surface area contributed by atoms with Gasteiger partial charge < -0.3 is 25.8 Å². The summed E-state index contributed by atoms with van der Waals surface area (Å²) in [7, 11) is 4.08. The third-order valence-corrected chi connectivity index (χ3v) is 8.12. The highest BCUT2D eigenvalue weighted by molar-refractivity contribution is 7.22. The van der Waals surface area contributed by atoms with Crippen molar-refractivity contribution in [2.24, 2.45) is 0 Å². The summed E-state index contributed by atoms with van der Waals surface area (Å²) in [5.74, 6) is 0.114. The van der Waals surface area contributed by atoms with Gasteiger partial charge in [0.1, 0.15) is 17.2 Å². The van der Waals surface area contributed by atoms with Crippen LogP contribution in [0.15, 0.2) is 18.2 Å². The Labute approximate surface area is 215 Å². The molecule has 0 aliphatic carbocycles. The third kappa shape index (κ3) is 3.81. The topological polar surface area (TPSA) is 86.4 Å². The highest BCUT2D eigenvalue weighted by Crippen LogP contribution is 2.42. The van der Waals surface area contributed by atoms with Crippen LogP contribution in [-0.4, -0.2) is 79.3 Å². The predicted molar refractivity (Wildman–Crippen MR) is 142 cm³/mol. The van der Waals surface area contributed by atoms with Crippen LogP contribution in [0.1, 0.15) is 0 Å². The molecule has 2 aliphatic rings. The SMILES string of the molecule is CN(C)C1CN(c2nc(N3CCNCC3)c3cc(Cl)c(-c4ccc(F)c5sc(N)nc45)c(F)c3n2)C1. The Kier molecular flexibility index (Phi) is 5.83. The number of halogens is 3. The number of nitrogens with zero attached hydrogens (tertiary/aromatic N) is 6. The Morgan fingerprint density at radius 3 is 2.56 bits per heavy atom. The number of nitrogens with two attached hydrogens (primary N) is 1. The lowest BCUT2D eigenvalue weighted by atomic mass is 10.0. The van der Waals surface area contributed by atoms with Gasteiger partial charge in [0.15, 0.2) is 10.9 Å². The maximum Gasteiger partial charge on any atom is 0.228 e. The number of nitrogen functional groups attached to an aromatic ring is 1. The Morgan fingerprint density at radius 2 is 1.83 bits per heavy atom. The van der Waals surface area contributed by atoms with Crippen molar-refractivity contribution in [3.63, 3.8) is 0 Å². The smallest absolute Gasteiger partial charge is 0.228 e. The number of nitrogens with one attached hydrogen (secondary N) is 1. The van der Waals surface area contributed by atoms with Crippen LogP contribution in [0.5, 0.6) is 0 Å². The molecule has 2 aromatic carbocycles. The number of piperazine rings is 1. The second-order valence-electron chi connectivity index (χ2n) is 9.37. The highest BCUT2D eigenvalue weighted by atomic mass is 35.5. The zero-order chi connectivity index (χ0) is 25.1. The first kappa shape index (κ1) is 23.5. The van der Waals surface area contributed by atoms with E-state index in [9.17, 15) is 4.39 Å². The molecule has 0 atom stereocenters. The van der Waals surface area contributed by atoms with Crippen LogP contribution in [0.25, 0.3) is 32.2 Å². The largest absolute Gasteiger partial charge is 0.375 e. The molecule has 36 heavy (non-hydrogen) atoms. The lowest BCUT2D eigenvalue weighted by Crippen LogP contribution is -2.58. The molecule has 0 saturated carbocycles. The zero-order valence-electron chi connectivity index (χ0n) is 19.9. The van der Waals surface area contributed by atoms with Gasteiger partial charge in [0.2, 0.25) is 5.95 Å². The molecule has 2 fully saturated rings. The van der Waals surface area contributed by atoms with Crippen LogP contribution in [-0.2, 0) is 0 Å². The van der Waals surface area contributed by atoms with E-state index in [4.69, 9.17) is 22.3 Å².